The van der Waals surface area contributed by atoms with Gasteiger partial charge >= 0.3 is 48.4 Å². The minimum absolute atomic E-state index is 0.904. The molecule has 1 nitrogen and oxygen atoms in total. The van der Waals surface area contributed by atoms with Crippen molar-refractivity contribution in [1.29, 1.82) is 0 Å². The molecule has 0 aliphatic rings. The highest BCUT2D eigenvalue weighted by Crippen LogP contribution is 2.53. The second-order valence-electron chi connectivity index (χ2n) is 6.83. The summed E-state index contributed by atoms with van der Waals surface area (Å²) in [7, 11) is 0. The third-order valence-electron chi connectivity index (χ3n) is 3.88. The van der Waals surface area contributed by atoms with Crippen LogP contribution < -0.4 is 5.32 Å². The Bertz CT molecular complexity index is 539. The Morgan fingerprint density at radius 1 is 0.548 bits per heavy atom. The van der Waals surface area contributed by atoms with Crippen LogP contribution in [0.25, 0.3) is 0 Å². The maximum atomic E-state index is 13.7. The van der Waals surface area contributed by atoms with Crippen LogP contribution in [0.3, 0.4) is 0 Å². The van der Waals surface area contributed by atoms with Crippen molar-refractivity contribution in [3.05, 3.63) is 0 Å². The van der Waals surface area contributed by atoms with E-state index in [0.29, 0.717) is 0 Å². The lowest BCUT2D eigenvalue weighted by Crippen LogP contribution is -2.61. The molecular formula is C14H15F16N. The molecule has 0 bridgehead atoms. The average molecular weight is 501 g/mol. The average Bonchev–Trinajstić information content (AvgIpc) is 2.51. The van der Waals surface area contributed by atoms with E-state index >= 15 is 0 Å². The molecule has 0 unspecified atom stereocenters. The van der Waals surface area contributed by atoms with Crippen molar-refractivity contribution in [2.45, 2.75) is 87.2 Å². The number of hydrogen-bond donors (Lipinski definition) is 1. The van der Waals surface area contributed by atoms with Crippen LogP contribution >= 0.6 is 0 Å². The molecule has 31 heavy (non-hydrogen) atoms. The van der Waals surface area contributed by atoms with E-state index in [1.165, 1.54) is 5.32 Å². The Hall–Kier alpha value is -1.16. The Morgan fingerprint density at radius 3 is 1.00 bits per heavy atom. The standard InChI is InChI=1S/C14H15F16N/c1-5(2)31-6(3-9(19,20)13(27,28)11(23,24)7(15)16)4-10(21,22)14(29,30)12(25,26)8(17)18/h5-8,31H,3-4H2,1-2H3. The van der Waals surface area contributed by atoms with Gasteiger partial charge in [-0.3, -0.25) is 0 Å². The van der Waals surface area contributed by atoms with Gasteiger partial charge in [-0.2, -0.15) is 52.7 Å². The maximum Gasteiger partial charge on any atom is 0.377 e. The second kappa shape index (κ2) is 9.00. The van der Waals surface area contributed by atoms with Gasteiger partial charge in [-0.1, -0.05) is 13.8 Å². The van der Waals surface area contributed by atoms with Crippen molar-refractivity contribution < 1.29 is 70.2 Å². The van der Waals surface area contributed by atoms with Crippen molar-refractivity contribution in [1.82, 2.24) is 5.32 Å². The molecule has 0 spiro atoms. The zero-order chi connectivity index (χ0) is 25.4. The van der Waals surface area contributed by atoms with Gasteiger partial charge in [-0.15, -0.1) is 0 Å². The predicted molar refractivity (Wildman–Crippen MR) is 73.0 cm³/mol. The molecule has 0 aliphatic carbocycles. The molecule has 17 heteroatoms. The molecule has 0 aromatic rings. The minimum atomic E-state index is -6.89. The first-order valence-electron chi connectivity index (χ1n) is 7.97. The normalized spacial score (nSPS) is 15.7. The van der Waals surface area contributed by atoms with Crippen molar-refractivity contribution in [3.63, 3.8) is 0 Å². The van der Waals surface area contributed by atoms with Crippen LogP contribution in [0.5, 0.6) is 0 Å². The van der Waals surface area contributed by atoms with Gasteiger partial charge in [0.1, 0.15) is 0 Å². The summed E-state index contributed by atoms with van der Waals surface area (Å²) in [5, 5.41) is 1.51. The summed E-state index contributed by atoms with van der Waals surface area (Å²) in [6.45, 7) is 1.81. The van der Waals surface area contributed by atoms with Gasteiger partial charge in [-0.25, -0.2) is 17.6 Å². The smallest absolute Gasteiger partial charge is 0.311 e. The number of halogens is 16. The fraction of sp³-hybridized carbons (Fsp3) is 1.00. The topological polar surface area (TPSA) is 12.0 Å². The highest BCUT2D eigenvalue weighted by Gasteiger charge is 2.77. The lowest BCUT2D eigenvalue weighted by molar-refractivity contribution is -0.347. The second-order valence-corrected chi connectivity index (χ2v) is 6.83. The molecule has 0 rings (SSSR count). The lowest BCUT2D eigenvalue weighted by atomic mass is 9.91. The molecule has 0 aliphatic heterocycles. The highest BCUT2D eigenvalue weighted by molar-refractivity contribution is 5.03. The van der Waals surface area contributed by atoms with E-state index in [4.69, 9.17) is 0 Å². The first-order valence-corrected chi connectivity index (χ1v) is 7.97. The third kappa shape index (κ3) is 5.61. The van der Waals surface area contributed by atoms with Crippen LogP contribution in [0.1, 0.15) is 26.7 Å². The Balaban J connectivity index is 6.07. The first-order chi connectivity index (χ1) is 13.4. The molecule has 0 heterocycles. The largest absolute Gasteiger partial charge is 0.377 e. The molecule has 0 radical (unpaired) electrons. The molecular weight excluding hydrogens is 486 g/mol. The Kier molecular flexibility index (Phi) is 8.66. The highest BCUT2D eigenvalue weighted by atomic mass is 19.4. The van der Waals surface area contributed by atoms with Crippen LogP contribution in [-0.2, 0) is 0 Å². The van der Waals surface area contributed by atoms with E-state index in [0.717, 1.165) is 13.8 Å². The van der Waals surface area contributed by atoms with E-state index in [1.807, 2.05) is 0 Å². The van der Waals surface area contributed by atoms with E-state index < -0.39 is 73.3 Å². The van der Waals surface area contributed by atoms with E-state index in [-0.39, 0.29) is 0 Å². The van der Waals surface area contributed by atoms with Crippen LogP contribution in [0.2, 0.25) is 0 Å². The van der Waals surface area contributed by atoms with Gasteiger partial charge in [0.15, 0.2) is 0 Å². The van der Waals surface area contributed by atoms with Crippen molar-refractivity contribution in [2.24, 2.45) is 0 Å². The number of alkyl halides is 16. The maximum absolute atomic E-state index is 13.7. The quantitative estimate of drug-likeness (QED) is 0.302. The molecule has 0 atom stereocenters. The molecule has 0 aromatic heterocycles. The summed E-state index contributed by atoms with van der Waals surface area (Å²) in [5.41, 5.74) is 0. The Morgan fingerprint density at radius 2 is 0.806 bits per heavy atom. The van der Waals surface area contributed by atoms with Gasteiger partial charge in [0.2, 0.25) is 0 Å². The van der Waals surface area contributed by atoms with Crippen molar-refractivity contribution in [3.8, 4) is 0 Å². The first kappa shape index (κ1) is 29.8. The van der Waals surface area contributed by atoms with Crippen LogP contribution in [-0.4, -0.2) is 60.5 Å². The zero-order valence-corrected chi connectivity index (χ0v) is 15.3. The summed E-state index contributed by atoms with van der Waals surface area (Å²) >= 11 is 0. The predicted octanol–water partition coefficient (Wildman–Crippen LogP) is 6.48. The van der Waals surface area contributed by atoms with Gasteiger partial charge in [0.05, 0.1) is 0 Å². The van der Waals surface area contributed by atoms with Crippen LogP contribution in [0.15, 0.2) is 0 Å². The molecule has 0 fully saturated rings. The zero-order valence-electron chi connectivity index (χ0n) is 15.3. The summed E-state index contributed by atoms with van der Waals surface area (Å²) in [6.07, 6.45) is -16.6. The SMILES string of the molecule is CC(C)NC(CC(F)(F)C(F)(F)C(F)(F)C(F)F)CC(F)(F)C(F)(F)C(F)(F)C(F)F. The van der Waals surface area contributed by atoms with Crippen LogP contribution in [0, 0.1) is 0 Å². The monoisotopic (exact) mass is 501 g/mol. The van der Waals surface area contributed by atoms with Gasteiger partial charge in [0, 0.05) is 24.9 Å². The summed E-state index contributed by atoms with van der Waals surface area (Å²) in [6, 6.07) is -4.44. The summed E-state index contributed by atoms with van der Waals surface area (Å²) in [4.78, 5) is 0. The third-order valence-corrected chi connectivity index (χ3v) is 3.88. The lowest BCUT2D eigenvalue weighted by Gasteiger charge is -2.37. The van der Waals surface area contributed by atoms with Crippen molar-refractivity contribution >= 4 is 0 Å². The van der Waals surface area contributed by atoms with Crippen LogP contribution in [0.4, 0.5) is 70.2 Å². The van der Waals surface area contributed by atoms with E-state index in [1.54, 1.807) is 0 Å². The van der Waals surface area contributed by atoms with Gasteiger partial charge in [-0.05, 0) is 0 Å². The molecule has 0 amide bonds. The van der Waals surface area contributed by atoms with E-state index in [9.17, 15) is 70.2 Å². The van der Waals surface area contributed by atoms with Gasteiger partial charge < -0.3 is 5.32 Å². The Labute approximate surface area is 164 Å². The molecule has 1 N–H and O–H groups in total. The fourth-order valence-corrected chi connectivity index (χ4v) is 2.30. The molecule has 0 saturated carbocycles. The van der Waals surface area contributed by atoms with Gasteiger partial charge in [0.25, 0.3) is 0 Å². The van der Waals surface area contributed by atoms with E-state index in [2.05, 4.69) is 0 Å². The molecule has 188 valence electrons. The number of rotatable bonds is 12. The number of nitrogens with one attached hydrogen (secondary N) is 1. The molecule has 0 saturated heterocycles. The molecule has 0 aromatic carbocycles. The fourth-order valence-electron chi connectivity index (χ4n) is 2.30. The number of hydrogen-bond acceptors (Lipinski definition) is 1. The minimum Gasteiger partial charge on any atom is -0.311 e. The van der Waals surface area contributed by atoms with Crippen molar-refractivity contribution in [2.75, 3.05) is 0 Å². The summed E-state index contributed by atoms with van der Waals surface area (Å²) in [5.74, 6) is -39.7. The summed E-state index contributed by atoms with van der Waals surface area (Å²) < 4.78 is 208.